The van der Waals surface area contributed by atoms with Crippen LogP contribution in [0.4, 0.5) is 4.39 Å². The summed E-state index contributed by atoms with van der Waals surface area (Å²) in [5, 5.41) is 11.8. The lowest BCUT2D eigenvalue weighted by molar-refractivity contribution is 0.583. The molecule has 3 rings (SSSR count). The summed E-state index contributed by atoms with van der Waals surface area (Å²) in [6, 6.07) is 15.8. The van der Waals surface area contributed by atoms with Gasteiger partial charge in [-0.05, 0) is 42.4 Å². The highest BCUT2D eigenvalue weighted by atomic mass is 35.5. The Morgan fingerprint density at radius 1 is 1.15 bits per heavy atom. The smallest absolute Gasteiger partial charge is 0.268 e. The highest BCUT2D eigenvalue weighted by molar-refractivity contribution is 7.90. The molecule has 0 saturated carbocycles. The fourth-order valence-electron chi connectivity index (χ4n) is 2.68. The van der Waals surface area contributed by atoms with Crippen molar-refractivity contribution in [2.24, 2.45) is 0 Å². The minimum absolute atomic E-state index is 0. The lowest BCUT2D eigenvalue weighted by atomic mass is 10.1. The van der Waals surface area contributed by atoms with Gasteiger partial charge in [0, 0.05) is 12.7 Å². The van der Waals surface area contributed by atoms with Crippen LogP contribution in [0.3, 0.4) is 0 Å². The van der Waals surface area contributed by atoms with Crippen LogP contribution in [0.5, 0.6) is 0 Å². The Bertz CT molecular complexity index is 1090. The summed E-state index contributed by atoms with van der Waals surface area (Å²) in [5.41, 5.74) is 1.80. The third kappa shape index (κ3) is 4.03. The van der Waals surface area contributed by atoms with Crippen LogP contribution in [-0.4, -0.2) is 19.4 Å². The molecular formula is C19H17ClFN3O2S. The Morgan fingerprint density at radius 2 is 1.85 bits per heavy atom. The molecule has 2 aromatic carbocycles. The van der Waals surface area contributed by atoms with Gasteiger partial charge in [0.05, 0.1) is 16.2 Å². The van der Waals surface area contributed by atoms with Crippen molar-refractivity contribution in [3.05, 3.63) is 77.7 Å². The number of hydrogen-bond donors (Lipinski definition) is 1. The molecule has 0 saturated heterocycles. The maximum atomic E-state index is 13.9. The molecular weight excluding hydrogens is 389 g/mol. The maximum Gasteiger partial charge on any atom is 0.268 e. The molecule has 0 unspecified atom stereocenters. The van der Waals surface area contributed by atoms with Gasteiger partial charge in [0.2, 0.25) is 0 Å². The fraction of sp³-hybridized carbons (Fsp3) is 0.105. The zero-order chi connectivity index (χ0) is 18.7. The van der Waals surface area contributed by atoms with Crippen molar-refractivity contribution in [2.75, 3.05) is 7.05 Å². The number of aromatic nitrogens is 1. The molecule has 0 aliphatic heterocycles. The van der Waals surface area contributed by atoms with Gasteiger partial charge in [0.25, 0.3) is 10.0 Å². The first-order valence-corrected chi connectivity index (χ1v) is 9.28. The van der Waals surface area contributed by atoms with Gasteiger partial charge in [-0.2, -0.15) is 5.26 Å². The van der Waals surface area contributed by atoms with Crippen molar-refractivity contribution in [2.45, 2.75) is 11.4 Å². The summed E-state index contributed by atoms with van der Waals surface area (Å²) in [6.45, 7) is 0.490. The molecule has 0 spiro atoms. The average molecular weight is 406 g/mol. The predicted octanol–water partition coefficient (Wildman–Crippen LogP) is 3.54. The largest absolute Gasteiger partial charge is 0.316 e. The van der Waals surface area contributed by atoms with Gasteiger partial charge >= 0.3 is 0 Å². The first-order valence-electron chi connectivity index (χ1n) is 7.84. The third-order valence-electron chi connectivity index (χ3n) is 3.91. The monoisotopic (exact) mass is 405 g/mol. The summed E-state index contributed by atoms with van der Waals surface area (Å²) in [4.78, 5) is -0.210. The Labute approximate surface area is 163 Å². The Morgan fingerprint density at radius 3 is 2.44 bits per heavy atom. The summed E-state index contributed by atoms with van der Waals surface area (Å²) >= 11 is 0. The number of benzene rings is 2. The van der Waals surface area contributed by atoms with E-state index in [2.05, 4.69) is 5.32 Å². The molecule has 0 aliphatic rings. The van der Waals surface area contributed by atoms with E-state index in [4.69, 9.17) is 5.26 Å². The van der Waals surface area contributed by atoms with E-state index in [1.54, 1.807) is 19.2 Å². The normalized spacial score (nSPS) is 10.9. The molecule has 1 aromatic heterocycles. The molecule has 0 atom stereocenters. The van der Waals surface area contributed by atoms with Gasteiger partial charge in [-0.3, -0.25) is 0 Å². The van der Waals surface area contributed by atoms with Crippen LogP contribution in [0.1, 0.15) is 11.1 Å². The maximum absolute atomic E-state index is 13.9. The number of nitrogens with one attached hydrogen (secondary N) is 1. The molecule has 0 radical (unpaired) electrons. The summed E-state index contributed by atoms with van der Waals surface area (Å²) in [6.07, 6.45) is 1.52. The van der Waals surface area contributed by atoms with Crippen molar-refractivity contribution < 1.29 is 12.8 Å². The van der Waals surface area contributed by atoms with Crippen LogP contribution in [-0.2, 0) is 16.6 Å². The fourth-order valence-corrected chi connectivity index (χ4v) is 4.09. The molecule has 0 aliphatic carbocycles. The second-order valence-electron chi connectivity index (χ2n) is 5.68. The van der Waals surface area contributed by atoms with Crippen LogP contribution < -0.4 is 5.32 Å². The van der Waals surface area contributed by atoms with E-state index < -0.39 is 15.8 Å². The minimum atomic E-state index is -4.02. The van der Waals surface area contributed by atoms with Gasteiger partial charge in [0.15, 0.2) is 0 Å². The van der Waals surface area contributed by atoms with E-state index in [9.17, 15) is 12.8 Å². The SMILES string of the molecule is CNCc1cc(-c2ccccc2)n(S(=O)(=O)c2ccc(C#N)c(F)c2)c1.Cl. The molecule has 3 aromatic rings. The Kier molecular flexibility index (Phi) is 6.39. The van der Waals surface area contributed by atoms with Crippen LogP contribution in [0.25, 0.3) is 11.3 Å². The zero-order valence-electron chi connectivity index (χ0n) is 14.4. The number of rotatable bonds is 5. The minimum Gasteiger partial charge on any atom is -0.316 e. The van der Waals surface area contributed by atoms with Crippen LogP contribution in [0, 0.1) is 17.1 Å². The predicted molar refractivity (Wildman–Crippen MR) is 104 cm³/mol. The second-order valence-corrected chi connectivity index (χ2v) is 7.50. The highest BCUT2D eigenvalue weighted by Gasteiger charge is 2.23. The number of halogens is 2. The summed E-state index contributed by atoms with van der Waals surface area (Å²) in [5.74, 6) is -0.863. The van der Waals surface area contributed by atoms with Gasteiger partial charge in [-0.25, -0.2) is 16.8 Å². The van der Waals surface area contributed by atoms with E-state index in [0.717, 1.165) is 21.2 Å². The van der Waals surface area contributed by atoms with E-state index in [-0.39, 0.29) is 22.9 Å². The quantitative estimate of drug-likeness (QED) is 0.704. The number of nitrogens with zero attached hydrogens (tertiary/aromatic N) is 2. The van der Waals surface area contributed by atoms with Gasteiger partial charge in [-0.1, -0.05) is 30.3 Å². The van der Waals surface area contributed by atoms with E-state index in [1.807, 2.05) is 30.3 Å². The van der Waals surface area contributed by atoms with Crippen molar-refractivity contribution >= 4 is 22.4 Å². The molecule has 0 bridgehead atoms. The van der Waals surface area contributed by atoms with Gasteiger partial charge in [0.1, 0.15) is 11.9 Å². The van der Waals surface area contributed by atoms with Crippen LogP contribution in [0.15, 0.2) is 65.7 Å². The van der Waals surface area contributed by atoms with Gasteiger partial charge < -0.3 is 5.32 Å². The second kappa shape index (κ2) is 8.35. The first-order chi connectivity index (χ1) is 12.5. The molecule has 0 fully saturated rings. The lowest BCUT2D eigenvalue weighted by Gasteiger charge is -2.11. The van der Waals surface area contributed by atoms with E-state index >= 15 is 0 Å². The summed E-state index contributed by atoms with van der Waals surface area (Å²) < 4.78 is 41.3. The van der Waals surface area contributed by atoms with E-state index in [0.29, 0.717) is 12.2 Å². The van der Waals surface area contributed by atoms with Crippen LogP contribution >= 0.6 is 12.4 Å². The Hall–Kier alpha value is -2.66. The van der Waals surface area contributed by atoms with Crippen molar-refractivity contribution in [3.63, 3.8) is 0 Å². The molecule has 0 amide bonds. The topological polar surface area (TPSA) is 74.9 Å². The highest BCUT2D eigenvalue weighted by Crippen LogP contribution is 2.27. The molecule has 8 heteroatoms. The van der Waals surface area contributed by atoms with Crippen molar-refractivity contribution in [1.82, 2.24) is 9.29 Å². The van der Waals surface area contributed by atoms with Crippen molar-refractivity contribution in [1.29, 1.82) is 5.26 Å². The zero-order valence-corrected chi connectivity index (χ0v) is 16.0. The van der Waals surface area contributed by atoms with Crippen molar-refractivity contribution in [3.8, 4) is 17.3 Å². The average Bonchev–Trinajstić information content (AvgIpc) is 3.07. The molecule has 5 nitrogen and oxygen atoms in total. The molecule has 1 heterocycles. The Balaban J connectivity index is 0.00000261. The lowest BCUT2D eigenvalue weighted by Crippen LogP contribution is -2.14. The first kappa shape index (κ1) is 20.6. The molecule has 140 valence electrons. The van der Waals surface area contributed by atoms with Gasteiger partial charge in [-0.15, -0.1) is 12.4 Å². The van der Waals surface area contributed by atoms with Crippen LogP contribution in [0.2, 0.25) is 0 Å². The third-order valence-corrected chi connectivity index (χ3v) is 5.58. The number of nitriles is 1. The number of hydrogen-bond acceptors (Lipinski definition) is 4. The van der Waals surface area contributed by atoms with E-state index in [1.165, 1.54) is 18.3 Å². The standard InChI is InChI=1S/C19H16FN3O2S.ClH/c1-22-12-14-9-19(15-5-3-2-4-6-15)23(13-14)26(24,25)17-8-7-16(11-21)18(20)10-17;/h2-10,13,22H,12H2,1H3;1H. The summed E-state index contributed by atoms with van der Waals surface area (Å²) in [7, 11) is -2.26. The molecule has 1 N–H and O–H groups in total. The molecule has 27 heavy (non-hydrogen) atoms.